The molecule has 6 heteroatoms. The van der Waals surface area contributed by atoms with Crippen molar-refractivity contribution in [1.29, 1.82) is 0 Å². The molecule has 5 nitrogen and oxygen atoms in total. The lowest BCUT2D eigenvalue weighted by molar-refractivity contribution is -0.119. The first kappa shape index (κ1) is 19.6. The van der Waals surface area contributed by atoms with Crippen LogP contribution in [0.5, 0.6) is 5.75 Å². The van der Waals surface area contributed by atoms with Crippen molar-refractivity contribution in [2.24, 2.45) is 0 Å². The van der Waals surface area contributed by atoms with Crippen molar-refractivity contribution in [2.75, 3.05) is 11.9 Å². The number of amides is 1. The van der Waals surface area contributed by atoms with E-state index in [2.05, 4.69) is 10.6 Å². The summed E-state index contributed by atoms with van der Waals surface area (Å²) >= 11 is 5.12. The summed E-state index contributed by atoms with van der Waals surface area (Å²) in [6.45, 7) is 3.99. The Kier molecular flexibility index (Phi) is 7.29. The van der Waals surface area contributed by atoms with Crippen LogP contribution in [0.3, 0.4) is 0 Å². The molecule has 0 aliphatic heterocycles. The first-order valence-electron chi connectivity index (χ1n) is 8.35. The van der Waals surface area contributed by atoms with Gasteiger partial charge < -0.3 is 15.4 Å². The van der Waals surface area contributed by atoms with E-state index in [1.165, 1.54) is 12.5 Å². The van der Waals surface area contributed by atoms with Gasteiger partial charge >= 0.3 is 0 Å². The number of hydrogen-bond donors (Lipinski definition) is 2. The van der Waals surface area contributed by atoms with E-state index in [1.807, 2.05) is 31.2 Å². The number of carbonyl (C=O) groups excluding carboxylic acids is 2. The van der Waals surface area contributed by atoms with Crippen LogP contribution in [0, 0.1) is 6.92 Å². The number of nitrogens with one attached hydrogen (secondary N) is 2. The van der Waals surface area contributed by atoms with E-state index >= 15 is 0 Å². The van der Waals surface area contributed by atoms with Crippen LogP contribution in [0.1, 0.15) is 35.7 Å². The van der Waals surface area contributed by atoms with Crippen molar-refractivity contribution in [1.82, 2.24) is 5.32 Å². The van der Waals surface area contributed by atoms with Gasteiger partial charge in [-0.2, -0.15) is 0 Å². The Balaban J connectivity index is 1.67. The molecule has 0 heterocycles. The molecule has 2 N–H and O–H groups in total. The molecule has 0 atom stereocenters. The number of anilines is 1. The Labute approximate surface area is 158 Å². The first-order chi connectivity index (χ1) is 12.4. The summed E-state index contributed by atoms with van der Waals surface area (Å²) in [5.74, 6) is 0.623. The van der Waals surface area contributed by atoms with Gasteiger partial charge in [0.2, 0.25) is 5.91 Å². The zero-order valence-electron chi connectivity index (χ0n) is 14.9. The highest BCUT2D eigenvalue weighted by atomic mass is 32.1. The fourth-order valence-electron chi connectivity index (χ4n) is 2.20. The van der Waals surface area contributed by atoms with Gasteiger partial charge in [-0.25, -0.2) is 0 Å². The van der Waals surface area contributed by atoms with Gasteiger partial charge in [-0.3, -0.25) is 9.59 Å². The molecule has 0 unspecified atom stereocenters. The normalized spacial score (nSPS) is 10.1. The molecule has 0 aliphatic carbocycles. The van der Waals surface area contributed by atoms with Crippen LogP contribution in [-0.2, 0) is 4.79 Å². The maximum absolute atomic E-state index is 11.9. The van der Waals surface area contributed by atoms with Gasteiger partial charge in [0.05, 0.1) is 6.61 Å². The van der Waals surface area contributed by atoms with E-state index < -0.39 is 0 Å². The van der Waals surface area contributed by atoms with Crippen LogP contribution in [0.15, 0.2) is 48.5 Å². The predicted octanol–water partition coefficient (Wildman–Crippen LogP) is 3.87. The Bertz CT molecular complexity index is 771. The number of ketones is 1. The number of rotatable bonds is 7. The molecule has 0 saturated heterocycles. The zero-order chi connectivity index (χ0) is 18.9. The minimum atomic E-state index is -0.171. The van der Waals surface area contributed by atoms with Crippen LogP contribution in [-0.4, -0.2) is 23.4 Å². The molecule has 0 bridgehead atoms. The molecule has 0 aliphatic rings. The molecule has 0 spiro atoms. The fraction of sp³-hybridized carbons (Fsp3) is 0.250. The molecule has 0 fully saturated rings. The molecule has 2 aromatic carbocycles. The van der Waals surface area contributed by atoms with E-state index in [0.717, 1.165) is 5.75 Å². The maximum atomic E-state index is 11.9. The summed E-state index contributed by atoms with van der Waals surface area (Å²) in [6.07, 6.45) is 0.909. The lowest BCUT2D eigenvalue weighted by Crippen LogP contribution is -2.34. The molecule has 136 valence electrons. The second kappa shape index (κ2) is 9.68. The van der Waals surface area contributed by atoms with Crippen molar-refractivity contribution < 1.29 is 14.3 Å². The van der Waals surface area contributed by atoms with Gasteiger partial charge in [0.1, 0.15) is 5.75 Å². The summed E-state index contributed by atoms with van der Waals surface area (Å²) in [6, 6.07) is 14.7. The van der Waals surface area contributed by atoms with Crippen molar-refractivity contribution in [2.45, 2.75) is 26.7 Å². The topological polar surface area (TPSA) is 67.4 Å². The Hall–Kier alpha value is -2.73. The third-order valence-electron chi connectivity index (χ3n) is 3.64. The monoisotopic (exact) mass is 370 g/mol. The number of ether oxygens (including phenoxy) is 1. The number of Topliss-reactive ketones (excluding diaryl/α,β-unsaturated/α-hetero) is 1. The molecule has 26 heavy (non-hydrogen) atoms. The smallest absolute Gasteiger partial charge is 0.226 e. The van der Waals surface area contributed by atoms with E-state index in [-0.39, 0.29) is 16.8 Å². The van der Waals surface area contributed by atoms with Gasteiger partial charge in [-0.1, -0.05) is 17.7 Å². The summed E-state index contributed by atoms with van der Waals surface area (Å²) in [7, 11) is 0. The number of aryl methyl sites for hydroxylation is 1. The maximum Gasteiger partial charge on any atom is 0.226 e. The Morgan fingerprint density at radius 2 is 1.69 bits per heavy atom. The molecule has 2 aromatic rings. The second-order valence-electron chi connectivity index (χ2n) is 5.90. The van der Waals surface area contributed by atoms with E-state index in [9.17, 15) is 9.59 Å². The molecule has 2 rings (SSSR count). The SMILES string of the molecule is CC(=O)c1ccc(NC(=S)NC(=O)CCCOc2ccc(C)cc2)cc1. The van der Waals surface area contributed by atoms with Gasteiger partial charge in [0.15, 0.2) is 10.9 Å². The van der Waals surface area contributed by atoms with E-state index in [4.69, 9.17) is 17.0 Å². The van der Waals surface area contributed by atoms with Crippen LogP contribution >= 0.6 is 12.2 Å². The minimum absolute atomic E-state index is 0.000264. The van der Waals surface area contributed by atoms with E-state index in [0.29, 0.717) is 30.7 Å². The summed E-state index contributed by atoms with van der Waals surface area (Å²) in [5.41, 5.74) is 2.51. The quantitative estimate of drug-likeness (QED) is 0.440. The van der Waals surface area contributed by atoms with Gasteiger partial charge in [0.25, 0.3) is 0 Å². The Morgan fingerprint density at radius 1 is 1.04 bits per heavy atom. The highest BCUT2D eigenvalue weighted by Crippen LogP contribution is 2.12. The summed E-state index contributed by atoms with van der Waals surface area (Å²) in [4.78, 5) is 23.1. The van der Waals surface area contributed by atoms with Gasteiger partial charge in [0, 0.05) is 17.7 Å². The van der Waals surface area contributed by atoms with Crippen molar-refractivity contribution in [3.63, 3.8) is 0 Å². The van der Waals surface area contributed by atoms with Crippen LogP contribution < -0.4 is 15.4 Å². The largest absolute Gasteiger partial charge is 0.494 e. The van der Waals surface area contributed by atoms with Crippen LogP contribution in [0.25, 0.3) is 0 Å². The summed E-state index contributed by atoms with van der Waals surface area (Å²) < 4.78 is 5.59. The van der Waals surface area contributed by atoms with Crippen LogP contribution in [0.2, 0.25) is 0 Å². The first-order valence-corrected chi connectivity index (χ1v) is 8.76. The molecule has 0 aromatic heterocycles. The lowest BCUT2D eigenvalue weighted by atomic mass is 10.1. The van der Waals surface area contributed by atoms with Gasteiger partial charge in [-0.05, 0) is 68.9 Å². The third kappa shape index (κ3) is 6.64. The van der Waals surface area contributed by atoms with E-state index in [1.54, 1.807) is 24.3 Å². The number of benzene rings is 2. The predicted molar refractivity (Wildman–Crippen MR) is 107 cm³/mol. The van der Waals surface area contributed by atoms with Crippen molar-refractivity contribution in [3.8, 4) is 5.75 Å². The number of hydrogen-bond acceptors (Lipinski definition) is 4. The van der Waals surface area contributed by atoms with Crippen molar-refractivity contribution >= 4 is 34.7 Å². The molecule has 0 radical (unpaired) electrons. The fourth-order valence-corrected chi connectivity index (χ4v) is 2.43. The highest BCUT2D eigenvalue weighted by molar-refractivity contribution is 7.80. The van der Waals surface area contributed by atoms with Crippen LogP contribution in [0.4, 0.5) is 5.69 Å². The standard InChI is InChI=1S/C20H22N2O3S/c1-14-5-11-18(12-6-14)25-13-3-4-19(24)22-20(26)21-17-9-7-16(8-10-17)15(2)23/h5-12H,3-4,13H2,1-2H3,(H2,21,22,24,26). The Morgan fingerprint density at radius 3 is 2.31 bits per heavy atom. The average molecular weight is 370 g/mol. The molecule has 1 amide bonds. The van der Waals surface area contributed by atoms with Crippen molar-refractivity contribution in [3.05, 3.63) is 59.7 Å². The zero-order valence-corrected chi connectivity index (χ0v) is 15.7. The molecule has 0 saturated carbocycles. The molecular weight excluding hydrogens is 348 g/mol. The number of carbonyl (C=O) groups is 2. The number of thiocarbonyl (C=S) groups is 1. The summed E-state index contributed by atoms with van der Waals surface area (Å²) in [5, 5.41) is 5.78. The highest BCUT2D eigenvalue weighted by Gasteiger charge is 2.06. The minimum Gasteiger partial charge on any atom is -0.494 e. The second-order valence-corrected chi connectivity index (χ2v) is 6.31. The molecular formula is C20H22N2O3S. The average Bonchev–Trinajstić information content (AvgIpc) is 2.60. The lowest BCUT2D eigenvalue weighted by Gasteiger charge is -2.10. The van der Waals surface area contributed by atoms with Gasteiger partial charge in [-0.15, -0.1) is 0 Å². The third-order valence-corrected chi connectivity index (χ3v) is 3.84.